The second kappa shape index (κ2) is 6.40. The van der Waals surface area contributed by atoms with Crippen LogP contribution in [-0.2, 0) is 0 Å². The van der Waals surface area contributed by atoms with E-state index in [4.69, 9.17) is 11.6 Å². The number of halogens is 1. The Kier molecular flexibility index (Phi) is 4.84. The summed E-state index contributed by atoms with van der Waals surface area (Å²) in [6.07, 6.45) is 1.16. The average Bonchev–Trinajstić information content (AvgIpc) is 2.45. The van der Waals surface area contributed by atoms with Gasteiger partial charge < -0.3 is 5.32 Å². The van der Waals surface area contributed by atoms with Gasteiger partial charge in [-0.25, -0.2) is 0 Å². The molecular formula is C17H22ClN. The Morgan fingerprint density at radius 1 is 1.05 bits per heavy atom. The fraction of sp³-hybridized carbons (Fsp3) is 0.412. The van der Waals surface area contributed by atoms with Gasteiger partial charge in [0.25, 0.3) is 0 Å². The summed E-state index contributed by atoms with van der Waals surface area (Å²) >= 11 is 6.30. The zero-order valence-electron chi connectivity index (χ0n) is 11.9. The Hall–Kier alpha value is -1.05. The van der Waals surface area contributed by atoms with Crippen LogP contribution in [0.5, 0.6) is 0 Å². The second-order valence-electron chi connectivity index (χ2n) is 5.10. The highest BCUT2D eigenvalue weighted by Crippen LogP contribution is 2.33. The third kappa shape index (κ3) is 2.93. The summed E-state index contributed by atoms with van der Waals surface area (Å²) in [4.78, 5) is 0. The molecule has 0 aliphatic heterocycles. The van der Waals surface area contributed by atoms with Crippen molar-refractivity contribution in [1.29, 1.82) is 0 Å². The van der Waals surface area contributed by atoms with Crippen molar-refractivity contribution in [1.82, 2.24) is 5.32 Å². The van der Waals surface area contributed by atoms with Crippen LogP contribution in [0.3, 0.4) is 0 Å². The molecule has 0 aromatic heterocycles. The van der Waals surface area contributed by atoms with Crippen LogP contribution < -0.4 is 5.32 Å². The lowest BCUT2D eigenvalue weighted by atomic mass is 9.89. The third-order valence-corrected chi connectivity index (χ3v) is 4.21. The molecule has 102 valence electrons. The van der Waals surface area contributed by atoms with Crippen LogP contribution in [0.15, 0.2) is 36.4 Å². The lowest BCUT2D eigenvalue weighted by molar-refractivity contribution is 0.386. The highest BCUT2D eigenvalue weighted by atomic mass is 35.5. The average molecular weight is 276 g/mol. The highest BCUT2D eigenvalue weighted by Gasteiger charge is 2.19. The van der Waals surface area contributed by atoms with Crippen molar-refractivity contribution < 1.29 is 0 Å². The van der Waals surface area contributed by atoms with Crippen LogP contribution in [0.25, 0.3) is 10.8 Å². The van der Waals surface area contributed by atoms with Gasteiger partial charge in [-0.2, -0.15) is 0 Å². The van der Waals surface area contributed by atoms with Gasteiger partial charge in [0.2, 0.25) is 0 Å². The molecule has 0 aliphatic rings. The van der Waals surface area contributed by atoms with E-state index in [9.17, 15) is 0 Å². The van der Waals surface area contributed by atoms with Gasteiger partial charge in [-0.15, -0.1) is 0 Å². The molecule has 2 aromatic rings. The summed E-state index contributed by atoms with van der Waals surface area (Å²) in [6.45, 7) is 7.68. The SMILES string of the molecule is CCNC(c1ccc(Cl)c2ccccc12)C(C)CC. The number of benzene rings is 2. The summed E-state index contributed by atoms with van der Waals surface area (Å²) in [5.74, 6) is 0.601. The Morgan fingerprint density at radius 3 is 2.37 bits per heavy atom. The van der Waals surface area contributed by atoms with Gasteiger partial charge in [0.15, 0.2) is 0 Å². The summed E-state index contributed by atoms with van der Waals surface area (Å²) in [5.41, 5.74) is 1.36. The molecule has 0 amide bonds. The minimum atomic E-state index is 0.386. The van der Waals surface area contributed by atoms with E-state index in [1.165, 1.54) is 10.9 Å². The first kappa shape index (κ1) is 14.4. The maximum atomic E-state index is 6.30. The number of hydrogen-bond acceptors (Lipinski definition) is 1. The number of nitrogens with one attached hydrogen (secondary N) is 1. The smallest absolute Gasteiger partial charge is 0.0484 e. The van der Waals surface area contributed by atoms with E-state index in [2.05, 4.69) is 50.4 Å². The van der Waals surface area contributed by atoms with Gasteiger partial charge in [-0.05, 0) is 29.5 Å². The van der Waals surface area contributed by atoms with Crippen molar-refractivity contribution in [3.63, 3.8) is 0 Å². The summed E-state index contributed by atoms with van der Waals surface area (Å²) < 4.78 is 0. The molecule has 0 spiro atoms. The van der Waals surface area contributed by atoms with Crippen molar-refractivity contribution in [3.05, 3.63) is 47.0 Å². The van der Waals surface area contributed by atoms with Crippen molar-refractivity contribution in [2.45, 2.75) is 33.2 Å². The third-order valence-electron chi connectivity index (χ3n) is 3.88. The fourth-order valence-electron chi connectivity index (χ4n) is 2.63. The van der Waals surface area contributed by atoms with Crippen LogP contribution >= 0.6 is 11.6 Å². The molecule has 0 saturated heterocycles. The molecule has 1 nitrogen and oxygen atoms in total. The second-order valence-corrected chi connectivity index (χ2v) is 5.51. The standard InChI is InChI=1S/C17H22ClN/c1-4-12(3)17(19-5-2)15-10-11-16(18)14-9-7-6-8-13(14)15/h6-12,17,19H,4-5H2,1-3H3. The summed E-state index contributed by atoms with van der Waals surface area (Å²) in [5, 5.41) is 6.86. The van der Waals surface area contributed by atoms with Gasteiger partial charge in [0.1, 0.15) is 0 Å². The van der Waals surface area contributed by atoms with E-state index >= 15 is 0 Å². The normalized spacial score (nSPS) is 14.5. The summed E-state index contributed by atoms with van der Waals surface area (Å²) in [6, 6.07) is 13.0. The van der Waals surface area contributed by atoms with Crippen molar-refractivity contribution in [2.75, 3.05) is 6.54 Å². The molecule has 2 heteroatoms. The predicted molar refractivity (Wildman–Crippen MR) is 84.8 cm³/mol. The number of fused-ring (bicyclic) bond motifs is 1. The van der Waals surface area contributed by atoms with Gasteiger partial charge in [-0.1, -0.05) is 69.1 Å². The molecule has 19 heavy (non-hydrogen) atoms. The van der Waals surface area contributed by atoms with E-state index in [1.807, 2.05) is 12.1 Å². The molecule has 0 saturated carbocycles. The van der Waals surface area contributed by atoms with Crippen molar-refractivity contribution >= 4 is 22.4 Å². The van der Waals surface area contributed by atoms with Crippen LogP contribution in [-0.4, -0.2) is 6.54 Å². The maximum Gasteiger partial charge on any atom is 0.0484 e. The van der Waals surface area contributed by atoms with Crippen LogP contribution in [0.2, 0.25) is 5.02 Å². The van der Waals surface area contributed by atoms with Crippen molar-refractivity contribution in [3.8, 4) is 0 Å². The molecular weight excluding hydrogens is 254 g/mol. The Morgan fingerprint density at radius 2 is 1.74 bits per heavy atom. The monoisotopic (exact) mass is 275 g/mol. The Bertz CT molecular complexity index is 550. The van der Waals surface area contributed by atoms with E-state index in [0.717, 1.165) is 23.4 Å². The van der Waals surface area contributed by atoms with E-state index in [-0.39, 0.29) is 0 Å². The largest absolute Gasteiger partial charge is 0.310 e. The van der Waals surface area contributed by atoms with Crippen molar-refractivity contribution in [2.24, 2.45) is 5.92 Å². The molecule has 1 N–H and O–H groups in total. The molecule has 2 unspecified atom stereocenters. The quantitative estimate of drug-likeness (QED) is 0.792. The minimum Gasteiger partial charge on any atom is -0.310 e. The zero-order chi connectivity index (χ0) is 13.8. The molecule has 0 heterocycles. The van der Waals surface area contributed by atoms with E-state index < -0.39 is 0 Å². The maximum absolute atomic E-state index is 6.30. The molecule has 2 aromatic carbocycles. The first-order valence-electron chi connectivity index (χ1n) is 7.09. The summed E-state index contributed by atoms with van der Waals surface area (Å²) in [7, 11) is 0. The molecule has 2 atom stereocenters. The molecule has 2 rings (SSSR count). The lowest BCUT2D eigenvalue weighted by Gasteiger charge is -2.26. The fourth-order valence-corrected chi connectivity index (χ4v) is 2.86. The van der Waals surface area contributed by atoms with Gasteiger partial charge in [0.05, 0.1) is 0 Å². The van der Waals surface area contributed by atoms with Crippen LogP contribution in [0.1, 0.15) is 38.8 Å². The number of hydrogen-bond donors (Lipinski definition) is 1. The van der Waals surface area contributed by atoms with Gasteiger partial charge in [0, 0.05) is 16.5 Å². The van der Waals surface area contributed by atoms with Crippen LogP contribution in [0, 0.1) is 5.92 Å². The molecule has 0 fully saturated rings. The predicted octanol–water partition coefficient (Wildman–Crippen LogP) is 5.19. The van der Waals surface area contributed by atoms with E-state index in [0.29, 0.717) is 12.0 Å². The van der Waals surface area contributed by atoms with Gasteiger partial charge >= 0.3 is 0 Å². The first-order valence-corrected chi connectivity index (χ1v) is 7.47. The molecule has 0 radical (unpaired) electrons. The number of rotatable bonds is 5. The highest BCUT2D eigenvalue weighted by molar-refractivity contribution is 6.35. The van der Waals surface area contributed by atoms with E-state index in [1.54, 1.807) is 0 Å². The topological polar surface area (TPSA) is 12.0 Å². The van der Waals surface area contributed by atoms with Crippen LogP contribution in [0.4, 0.5) is 0 Å². The zero-order valence-corrected chi connectivity index (χ0v) is 12.7. The first-order chi connectivity index (χ1) is 9.19. The Balaban J connectivity index is 2.56. The van der Waals surface area contributed by atoms with Gasteiger partial charge in [-0.3, -0.25) is 0 Å². The molecule has 0 aliphatic carbocycles. The lowest BCUT2D eigenvalue weighted by Crippen LogP contribution is -2.26. The minimum absolute atomic E-state index is 0.386. The molecule has 0 bridgehead atoms. The Labute approximate surface area is 121 Å².